The lowest BCUT2D eigenvalue weighted by Crippen LogP contribution is -2.51. The zero-order valence-electron chi connectivity index (χ0n) is 20.7. The van der Waals surface area contributed by atoms with Crippen LogP contribution >= 0.6 is 0 Å². The van der Waals surface area contributed by atoms with E-state index in [2.05, 4.69) is 4.90 Å². The maximum atomic E-state index is 14.0. The number of likely N-dealkylation sites (tertiary alicyclic amines) is 2. The van der Waals surface area contributed by atoms with Crippen LogP contribution in [0.5, 0.6) is 5.75 Å². The molecule has 0 radical (unpaired) electrons. The van der Waals surface area contributed by atoms with Crippen molar-refractivity contribution in [2.45, 2.75) is 68.9 Å². The Kier molecular flexibility index (Phi) is 7.12. The normalized spacial score (nSPS) is 27.1. The minimum Gasteiger partial charge on any atom is -0.497 e. The van der Waals surface area contributed by atoms with Crippen molar-refractivity contribution in [3.63, 3.8) is 0 Å². The number of nitrogens with zero attached hydrogens (tertiary/aromatic N) is 3. The number of imide groups is 1. The number of carbonyl (C=O) groups is 3. The molecule has 5 rings (SSSR count). The van der Waals surface area contributed by atoms with Gasteiger partial charge in [0.2, 0.25) is 17.7 Å². The summed E-state index contributed by atoms with van der Waals surface area (Å²) in [6.07, 6.45) is 5.71. The third kappa shape index (κ3) is 4.70. The van der Waals surface area contributed by atoms with Crippen molar-refractivity contribution < 1.29 is 23.9 Å². The smallest absolute Gasteiger partial charge is 0.241 e. The van der Waals surface area contributed by atoms with E-state index in [0.29, 0.717) is 30.4 Å². The number of piperidine rings is 1. The summed E-state index contributed by atoms with van der Waals surface area (Å²) >= 11 is 0. The molecule has 0 unspecified atom stereocenters. The highest BCUT2D eigenvalue weighted by atomic mass is 16.5. The number of carbonyl (C=O) groups excluding carboxylic acids is 3. The van der Waals surface area contributed by atoms with Crippen molar-refractivity contribution in [3.8, 4) is 5.75 Å². The zero-order valence-corrected chi connectivity index (χ0v) is 20.7. The summed E-state index contributed by atoms with van der Waals surface area (Å²) in [6, 6.07) is 7.78. The Morgan fingerprint density at radius 3 is 2.43 bits per heavy atom. The van der Waals surface area contributed by atoms with Crippen molar-refractivity contribution in [2.75, 3.05) is 46.5 Å². The molecule has 3 saturated heterocycles. The second-order valence-corrected chi connectivity index (χ2v) is 10.4. The van der Waals surface area contributed by atoms with Crippen LogP contribution in [0.25, 0.3) is 0 Å². The fourth-order valence-electron chi connectivity index (χ4n) is 6.47. The predicted molar refractivity (Wildman–Crippen MR) is 130 cm³/mol. The lowest BCUT2D eigenvalue weighted by atomic mass is 9.75. The van der Waals surface area contributed by atoms with Crippen molar-refractivity contribution in [3.05, 3.63) is 29.8 Å². The van der Waals surface area contributed by atoms with Gasteiger partial charge in [-0.25, -0.2) is 0 Å². The third-order valence-electron chi connectivity index (χ3n) is 8.49. The number of benzene rings is 1. The first-order valence-corrected chi connectivity index (χ1v) is 13.1. The van der Waals surface area contributed by atoms with Crippen LogP contribution in [0.3, 0.4) is 0 Å². The van der Waals surface area contributed by atoms with Gasteiger partial charge in [0, 0.05) is 51.1 Å². The fraction of sp³-hybridized carbons (Fsp3) is 0.667. The van der Waals surface area contributed by atoms with E-state index >= 15 is 0 Å². The second-order valence-electron chi connectivity index (χ2n) is 10.4. The molecular formula is C27H37N3O5. The summed E-state index contributed by atoms with van der Waals surface area (Å²) in [5.41, 5.74) is -0.459. The Morgan fingerprint density at radius 1 is 1.03 bits per heavy atom. The van der Waals surface area contributed by atoms with Gasteiger partial charge in [0.15, 0.2) is 0 Å². The largest absolute Gasteiger partial charge is 0.497 e. The Labute approximate surface area is 207 Å². The first-order chi connectivity index (χ1) is 17.0. The average molecular weight is 484 g/mol. The van der Waals surface area contributed by atoms with Crippen molar-refractivity contribution >= 4 is 17.7 Å². The van der Waals surface area contributed by atoms with Gasteiger partial charge >= 0.3 is 0 Å². The Hall–Kier alpha value is -2.45. The quantitative estimate of drug-likeness (QED) is 0.578. The van der Waals surface area contributed by atoms with Crippen molar-refractivity contribution in [1.29, 1.82) is 0 Å². The maximum absolute atomic E-state index is 14.0. The molecule has 3 amide bonds. The number of ether oxygens (including phenoxy) is 2. The van der Waals surface area contributed by atoms with Crippen LogP contribution in [-0.2, 0) is 24.5 Å². The number of hydrogen-bond acceptors (Lipinski definition) is 6. The standard InChI is InChI=1S/C27H37N3O5/c1-34-23-8-4-5-20(17-23)27(19-25(32)30(26(27)33)22-6-2-3-7-22)18-24(31)29-11-9-21(10-12-29)28-13-15-35-16-14-28/h4-5,8,17,21-22H,2-3,6-7,9-16,18-19H2,1H3/t27-/m1/s1. The molecule has 4 aliphatic rings. The van der Waals surface area contributed by atoms with Crippen LogP contribution in [0.4, 0.5) is 0 Å². The second kappa shape index (κ2) is 10.3. The molecule has 0 aromatic heterocycles. The van der Waals surface area contributed by atoms with Crippen molar-refractivity contribution in [2.24, 2.45) is 0 Å². The van der Waals surface area contributed by atoms with E-state index in [9.17, 15) is 14.4 Å². The lowest BCUT2D eigenvalue weighted by Gasteiger charge is -2.40. The van der Waals surface area contributed by atoms with Gasteiger partial charge in [-0.2, -0.15) is 0 Å². The van der Waals surface area contributed by atoms with E-state index in [1.54, 1.807) is 7.11 Å². The Balaban J connectivity index is 1.35. The van der Waals surface area contributed by atoms with Gasteiger partial charge in [0.05, 0.1) is 25.7 Å². The molecule has 0 N–H and O–H groups in total. The molecular weight excluding hydrogens is 446 g/mol. The van der Waals surface area contributed by atoms with Crippen LogP contribution in [0.15, 0.2) is 24.3 Å². The van der Waals surface area contributed by atoms with Crippen molar-refractivity contribution in [1.82, 2.24) is 14.7 Å². The average Bonchev–Trinajstić information content (AvgIpc) is 3.51. The van der Waals surface area contributed by atoms with Gasteiger partial charge in [0.1, 0.15) is 5.75 Å². The number of morpholine rings is 1. The molecule has 1 aromatic carbocycles. The van der Waals surface area contributed by atoms with E-state index < -0.39 is 5.41 Å². The highest BCUT2D eigenvalue weighted by Gasteiger charge is 2.56. The molecule has 1 aliphatic carbocycles. The SMILES string of the molecule is COc1cccc([C@@]2(CC(=O)N3CCC(N4CCOCC4)CC3)CC(=O)N(C3CCCC3)C2=O)c1. The molecule has 4 fully saturated rings. The summed E-state index contributed by atoms with van der Waals surface area (Å²) in [7, 11) is 1.59. The van der Waals surface area contributed by atoms with E-state index in [4.69, 9.17) is 9.47 Å². The highest BCUT2D eigenvalue weighted by Crippen LogP contribution is 2.44. The molecule has 190 valence electrons. The first-order valence-electron chi connectivity index (χ1n) is 13.1. The monoisotopic (exact) mass is 483 g/mol. The first kappa shape index (κ1) is 24.3. The van der Waals surface area contributed by atoms with Crippen LogP contribution in [0.1, 0.15) is 56.9 Å². The van der Waals surface area contributed by atoms with Gasteiger partial charge in [0.25, 0.3) is 0 Å². The lowest BCUT2D eigenvalue weighted by molar-refractivity contribution is -0.145. The number of rotatable bonds is 6. The number of hydrogen-bond donors (Lipinski definition) is 0. The molecule has 8 nitrogen and oxygen atoms in total. The van der Waals surface area contributed by atoms with E-state index in [1.807, 2.05) is 29.2 Å². The van der Waals surface area contributed by atoms with E-state index in [0.717, 1.165) is 64.8 Å². The maximum Gasteiger partial charge on any atom is 0.241 e. The zero-order chi connectivity index (χ0) is 24.4. The molecule has 0 bridgehead atoms. The van der Waals surface area contributed by atoms with Crippen LogP contribution in [0, 0.1) is 0 Å². The molecule has 1 aromatic rings. The van der Waals surface area contributed by atoms with Crippen LogP contribution < -0.4 is 4.74 Å². The fourth-order valence-corrected chi connectivity index (χ4v) is 6.47. The summed E-state index contributed by atoms with van der Waals surface area (Å²) in [5.74, 6) is 0.227. The summed E-state index contributed by atoms with van der Waals surface area (Å²) in [6.45, 7) is 4.81. The Morgan fingerprint density at radius 2 is 1.74 bits per heavy atom. The number of amides is 3. The van der Waals surface area contributed by atoms with E-state index in [-0.39, 0.29) is 36.6 Å². The topological polar surface area (TPSA) is 79.4 Å². The molecule has 3 heterocycles. The highest BCUT2D eigenvalue weighted by molar-refractivity contribution is 6.11. The van der Waals surface area contributed by atoms with Gasteiger partial charge in [-0.05, 0) is 43.4 Å². The molecule has 8 heteroatoms. The van der Waals surface area contributed by atoms with Gasteiger partial charge in [-0.3, -0.25) is 24.2 Å². The summed E-state index contributed by atoms with van der Waals surface area (Å²) < 4.78 is 10.9. The number of methoxy groups -OCH3 is 1. The minimum absolute atomic E-state index is 0.0240. The Bertz CT molecular complexity index is 948. The summed E-state index contributed by atoms with van der Waals surface area (Å²) in [5, 5.41) is 0. The minimum atomic E-state index is -1.16. The molecule has 3 aliphatic heterocycles. The molecule has 1 atom stereocenters. The molecule has 35 heavy (non-hydrogen) atoms. The van der Waals surface area contributed by atoms with Crippen LogP contribution in [0.2, 0.25) is 0 Å². The van der Waals surface area contributed by atoms with E-state index in [1.165, 1.54) is 4.90 Å². The van der Waals surface area contributed by atoms with Gasteiger partial charge in [-0.1, -0.05) is 25.0 Å². The van der Waals surface area contributed by atoms with Gasteiger partial charge in [-0.15, -0.1) is 0 Å². The summed E-state index contributed by atoms with van der Waals surface area (Å²) in [4.78, 5) is 46.7. The van der Waals surface area contributed by atoms with Gasteiger partial charge < -0.3 is 14.4 Å². The predicted octanol–water partition coefficient (Wildman–Crippen LogP) is 2.35. The molecule has 0 spiro atoms. The third-order valence-corrected chi connectivity index (χ3v) is 8.49. The molecule has 1 saturated carbocycles. The van der Waals surface area contributed by atoms with Crippen LogP contribution in [-0.4, -0.2) is 91.0 Å².